The second kappa shape index (κ2) is 7.78. The van der Waals surface area contributed by atoms with Crippen molar-refractivity contribution in [3.8, 4) is 10.4 Å². The molecule has 4 nitrogen and oxygen atoms in total. The number of rotatable bonds is 5. The molecule has 0 saturated carbocycles. The number of benzene rings is 2. The fourth-order valence-corrected chi connectivity index (χ4v) is 3.79. The van der Waals surface area contributed by atoms with Crippen molar-refractivity contribution in [2.24, 2.45) is 0 Å². The number of imidazole rings is 1. The van der Waals surface area contributed by atoms with Gasteiger partial charge in [0, 0.05) is 29.5 Å². The molecule has 0 fully saturated rings. The topological polar surface area (TPSA) is 46.9 Å². The number of nitrogens with zero attached hydrogens (tertiary/aromatic N) is 2. The van der Waals surface area contributed by atoms with Gasteiger partial charge in [0.1, 0.15) is 11.6 Å². The van der Waals surface area contributed by atoms with Crippen LogP contribution in [-0.2, 0) is 6.54 Å². The van der Waals surface area contributed by atoms with Gasteiger partial charge in [0.25, 0.3) is 5.91 Å². The molecule has 140 valence electrons. The zero-order valence-corrected chi connectivity index (χ0v) is 16.0. The van der Waals surface area contributed by atoms with Crippen LogP contribution in [0.3, 0.4) is 0 Å². The van der Waals surface area contributed by atoms with Crippen LogP contribution in [0.1, 0.15) is 21.1 Å². The Kier molecular flexibility index (Phi) is 5.04. The highest BCUT2D eigenvalue weighted by molar-refractivity contribution is 7.17. The largest absolute Gasteiger partial charge is 0.331 e. The molecule has 28 heavy (non-hydrogen) atoms. The van der Waals surface area contributed by atoms with Crippen LogP contribution < -0.4 is 5.32 Å². The Bertz CT molecular complexity index is 1100. The first-order valence-corrected chi connectivity index (χ1v) is 9.64. The van der Waals surface area contributed by atoms with Gasteiger partial charge in [0.2, 0.25) is 0 Å². The Morgan fingerprint density at radius 3 is 2.50 bits per heavy atom. The molecule has 1 N–H and O–H groups in total. The summed E-state index contributed by atoms with van der Waals surface area (Å²) in [6.07, 6.45) is 3.73. The van der Waals surface area contributed by atoms with Crippen LogP contribution in [0.4, 0.5) is 10.1 Å². The lowest BCUT2D eigenvalue weighted by Crippen LogP contribution is -2.10. The van der Waals surface area contributed by atoms with Crippen molar-refractivity contribution in [2.75, 3.05) is 5.32 Å². The lowest BCUT2D eigenvalue weighted by atomic mass is 10.2. The summed E-state index contributed by atoms with van der Waals surface area (Å²) in [6.45, 7) is 2.71. The van der Waals surface area contributed by atoms with Crippen LogP contribution in [0.15, 0.2) is 73.1 Å². The summed E-state index contributed by atoms with van der Waals surface area (Å²) in [5.41, 5.74) is 2.77. The normalized spacial score (nSPS) is 10.8. The maximum Gasteiger partial charge on any atom is 0.265 e. The molecule has 0 aliphatic carbocycles. The van der Waals surface area contributed by atoms with Crippen molar-refractivity contribution < 1.29 is 9.18 Å². The van der Waals surface area contributed by atoms with Crippen molar-refractivity contribution in [3.63, 3.8) is 0 Å². The van der Waals surface area contributed by atoms with E-state index in [0.717, 1.165) is 34.1 Å². The maximum atomic E-state index is 13.1. The Hall–Kier alpha value is -3.25. The molecule has 6 heteroatoms. The molecule has 0 saturated heterocycles. The van der Waals surface area contributed by atoms with Crippen LogP contribution in [0.25, 0.3) is 10.4 Å². The van der Waals surface area contributed by atoms with Gasteiger partial charge >= 0.3 is 0 Å². The molecular weight excluding hydrogens is 373 g/mol. The van der Waals surface area contributed by atoms with E-state index in [1.54, 1.807) is 24.4 Å². The Morgan fingerprint density at radius 1 is 1.07 bits per heavy atom. The number of halogens is 1. The van der Waals surface area contributed by atoms with Gasteiger partial charge in [-0.1, -0.05) is 24.3 Å². The van der Waals surface area contributed by atoms with Gasteiger partial charge in [-0.3, -0.25) is 4.79 Å². The van der Waals surface area contributed by atoms with E-state index in [2.05, 4.69) is 14.9 Å². The van der Waals surface area contributed by atoms with E-state index in [1.807, 2.05) is 43.5 Å². The zero-order valence-electron chi connectivity index (χ0n) is 15.2. The molecule has 2 aromatic carbocycles. The molecule has 0 radical (unpaired) electrons. The van der Waals surface area contributed by atoms with E-state index < -0.39 is 0 Å². The number of carbonyl (C=O) groups excluding carboxylic acids is 1. The third-order valence-corrected chi connectivity index (χ3v) is 5.58. The predicted octanol–water partition coefficient (Wildman–Crippen LogP) is 5.36. The second-order valence-corrected chi connectivity index (χ2v) is 7.51. The third-order valence-electron chi connectivity index (χ3n) is 4.45. The van der Waals surface area contributed by atoms with E-state index in [-0.39, 0.29) is 11.7 Å². The van der Waals surface area contributed by atoms with Crippen LogP contribution in [0.5, 0.6) is 0 Å². The molecule has 0 atom stereocenters. The molecule has 0 unspecified atom stereocenters. The highest BCUT2D eigenvalue weighted by Crippen LogP contribution is 2.28. The molecule has 4 aromatic rings. The predicted molar refractivity (Wildman–Crippen MR) is 110 cm³/mol. The Balaban J connectivity index is 1.42. The highest BCUT2D eigenvalue weighted by Gasteiger charge is 2.11. The fraction of sp³-hybridized carbons (Fsp3) is 0.0909. The van der Waals surface area contributed by atoms with Crippen molar-refractivity contribution in [3.05, 3.63) is 95.1 Å². The molecule has 0 aliphatic rings. The van der Waals surface area contributed by atoms with Crippen molar-refractivity contribution in [1.82, 2.24) is 9.55 Å². The maximum absolute atomic E-state index is 13.1. The molecule has 0 aliphatic heterocycles. The average molecular weight is 391 g/mol. The third kappa shape index (κ3) is 4.02. The summed E-state index contributed by atoms with van der Waals surface area (Å²) in [5.74, 6) is 0.536. The van der Waals surface area contributed by atoms with Gasteiger partial charge in [-0.15, -0.1) is 11.3 Å². The quantitative estimate of drug-likeness (QED) is 0.498. The summed E-state index contributed by atoms with van der Waals surface area (Å²) in [7, 11) is 0. The molecule has 1 amide bonds. The molecular formula is C22H18FN3OS. The SMILES string of the molecule is Cc1nccn1Cc1ccc(NC(=O)c2ccc(-c3ccc(F)cc3)s2)cc1. The summed E-state index contributed by atoms with van der Waals surface area (Å²) >= 11 is 1.38. The number of hydrogen-bond acceptors (Lipinski definition) is 3. The monoisotopic (exact) mass is 391 g/mol. The number of nitrogens with one attached hydrogen (secondary N) is 1. The zero-order chi connectivity index (χ0) is 19.5. The number of thiophene rings is 1. The van der Waals surface area contributed by atoms with Gasteiger partial charge in [0.05, 0.1) is 4.88 Å². The van der Waals surface area contributed by atoms with E-state index in [4.69, 9.17) is 0 Å². The van der Waals surface area contributed by atoms with Crippen LogP contribution >= 0.6 is 11.3 Å². The molecule has 4 rings (SSSR count). The van der Waals surface area contributed by atoms with Crippen molar-refractivity contribution in [1.29, 1.82) is 0 Å². The Morgan fingerprint density at radius 2 is 1.82 bits per heavy atom. The standard InChI is InChI=1S/C22H18FN3OS/c1-15-24-12-13-26(15)14-16-2-8-19(9-3-16)25-22(27)21-11-10-20(28-21)17-4-6-18(23)7-5-17/h2-13H,14H2,1H3,(H,25,27). The van der Waals surface area contributed by atoms with E-state index in [0.29, 0.717) is 4.88 Å². The van der Waals surface area contributed by atoms with Gasteiger partial charge in [-0.05, 0) is 54.4 Å². The summed E-state index contributed by atoms with van der Waals surface area (Å²) < 4.78 is 15.1. The van der Waals surface area contributed by atoms with Crippen LogP contribution in [0.2, 0.25) is 0 Å². The smallest absolute Gasteiger partial charge is 0.265 e. The van der Waals surface area contributed by atoms with Gasteiger partial charge in [-0.25, -0.2) is 9.37 Å². The summed E-state index contributed by atoms with van der Waals surface area (Å²) in [5, 5.41) is 2.92. The van der Waals surface area contributed by atoms with Gasteiger partial charge in [0.15, 0.2) is 0 Å². The first kappa shape index (κ1) is 18.1. The van der Waals surface area contributed by atoms with Gasteiger partial charge < -0.3 is 9.88 Å². The van der Waals surface area contributed by atoms with E-state index >= 15 is 0 Å². The molecule has 0 spiro atoms. The first-order chi connectivity index (χ1) is 13.6. The Labute approximate surface area is 166 Å². The minimum atomic E-state index is -0.273. The second-order valence-electron chi connectivity index (χ2n) is 6.42. The molecule has 0 bridgehead atoms. The number of amides is 1. The lowest BCUT2D eigenvalue weighted by Gasteiger charge is -2.07. The molecule has 2 aromatic heterocycles. The minimum absolute atomic E-state index is 0.156. The number of carbonyl (C=O) groups is 1. The van der Waals surface area contributed by atoms with E-state index in [9.17, 15) is 9.18 Å². The minimum Gasteiger partial charge on any atom is -0.331 e. The number of hydrogen-bond donors (Lipinski definition) is 1. The first-order valence-electron chi connectivity index (χ1n) is 8.82. The molecule has 2 heterocycles. The summed E-state index contributed by atoms with van der Waals surface area (Å²) in [6, 6.07) is 17.7. The average Bonchev–Trinajstić information content (AvgIpc) is 3.34. The van der Waals surface area contributed by atoms with Gasteiger partial charge in [-0.2, -0.15) is 0 Å². The van der Waals surface area contributed by atoms with E-state index in [1.165, 1.54) is 23.5 Å². The van der Waals surface area contributed by atoms with Crippen molar-refractivity contribution in [2.45, 2.75) is 13.5 Å². The van der Waals surface area contributed by atoms with Crippen LogP contribution in [0, 0.1) is 12.7 Å². The number of aromatic nitrogens is 2. The van der Waals surface area contributed by atoms with Crippen molar-refractivity contribution >= 4 is 22.9 Å². The summed E-state index contributed by atoms with van der Waals surface area (Å²) in [4.78, 5) is 18.3. The number of aryl methyl sites for hydroxylation is 1. The lowest BCUT2D eigenvalue weighted by molar-refractivity contribution is 0.103. The fourth-order valence-electron chi connectivity index (χ4n) is 2.88. The highest BCUT2D eigenvalue weighted by atomic mass is 32.1. The van der Waals surface area contributed by atoms with Crippen LogP contribution in [-0.4, -0.2) is 15.5 Å². The number of anilines is 1.